The zero-order valence-corrected chi connectivity index (χ0v) is 9.75. The van der Waals surface area contributed by atoms with E-state index in [4.69, 9.17) is 0 Å². The summed E-state index contributed by atoms with van der Waals surface area (Å²) in [5, 5.41) is 0. The van der Waals surface area contributed by atoms with Gasteiger partial charge in [-0.25, -0.2) is 0 Å². The lowest BCUT2D eigenvalue weighted by Gasteiger charge is -2.39. The molecule has 0 aromatic carbocycles. The number of fused-ring (bicyclic) bond motifs is 1. The lowest BCUT2D eigenvalue weighted by atomic mass is 9.65. The summed E-state index contributed by atoms with van der Waals surface area (Å²) in [6.45, 7) is 8.49. The Bertz CT molecular complexity index is 324. The minimum absolute atomic E-state index is 0.321. The summed E-state index contributed by atoms with van der Waals surface area (Å²) >= 11 is 0. The summed E-state index contributed by atoms with van der Waals surface area (Å²) < 4.78 is 0. The van der Waals surface area contributed by atoms with Crippen LogP contribution >= 0.6 is 0 Å². The summed E-state index contributed by atoms with van der Waals surface area (Å²) in [5.41, 5.74) is 2.62. The molecule has 1 nitrogen and oxygen atoms in total. The Kier molecular flexibility index (Phi) is 2.81. The predicted octanol–water partition coefficient (Wildman–Crippen LogP) is 3.51. The van der Waals surface area contributed by atoms with Crippen molar-refractivity contribution >= 4 is 5.78 Å². The molecule has 0 spiro atoms. The minimum Gasteiger partial charge on any atom is -0.295 e. The first-order valence-electron chi connectivity index (χ1n) is 5.99. The van der Waals surface area contributed by atoms with E-state index >= 15 is 0 Å². The number of ketones is 1. The third-order valence-electron chi connectivity index (χ3n) is 4.05. The van der Waals surface area contributed by atoms with Gasteiger partial charge in [0.1, 0.15) is 0 Å². The highest BCUT2D eigenvalue weighted by atomic mass is 16.1. The molecule has 1 heteroatoms. The number of carbonyl (C=O) groups excluding carboxylic acids is 1. The molecular weight excluding hydrogens is 184 g/mol. The predicted molar refractivity (Wildman–Crippen MR) is 62.5 cm³/mol. The molecule has 0 aliphatic heterocycles. The number of allylic oxidation sites excluding steroid dienone is 3. The second-order valence-electron chi connectivity index (χ2n) is 5.21. The van der Waals surface area contributed by atoms with Gasteiger partial charge in [-0.05, 0) is 44.1 Å². The molecule has 3 atom stereocenters. The normalized spacial score (nSPS) is 35.7. The average Bonchev–Trinajstić information content (AvgIpc) is 2.17. The SMILES string of the molecule is C=C(C)[C@@H]1CC[C@@H](C)[C@@H]2CCC(=O)C=C12. The number of hydrogen-bond acceptors (Lipinski definition) is 1. The van der Waals surface area contributed by atoms with E-state index in [-0.39, 0.29) is 0 Å². The van der Waals surface area contributed by atoms with Crippen LogP contribution in [-0.2, 0) is 4.79 Å². The quantitative estimate of drug-likeness (QED) is 0.597. The fraction of sp³-hybridized carbons (Fsp3) is 0.643. The molecule has 0 saturated heterocycles. The van der Waals surface area contributed by atoms with Gasteiger partial charge in [-0.2, -0.15) is 0 Å². The molecule has 0 heterocycles. The van der Waals surface area contributed by atoms with Gasteiger partial charge in [0.25, 0.3) is 0 Å². The van der Waals surface area contributed by atoms with Gasteiger partial charge in [0.15, 0.2) is 5.78 Å². The molecule has 0 radical (unpaired) electrons. The van der Waals surface area contributed by atoms with Gasteiger partial charge >= 0.3 is 0 Å². The summed E-state index contributed by atoms with van der Waals surface area (Å²) in [5.74, 6) is 2.20. The fourth-order valence-electron chi connectivity index (χ4n) is 3.13. The van der Waals surface area contributed by atoms with Crippen LogP contribution in [0.3, 0.4) is 0 Å². The van der Waals surface area contributed by atoms with Gasteiger partial charge in [-0.3, -0.25) is 4.79 Å². The second-order valence-corrected chi connectivity index (χ2v) is 5.21. The molecule has 1 fully saturated rings. The van der Waals surface area contributed by atoms with E-state index in [0.717, 1.165) is 18.8 Å². The highest BCUT2D eigenvalue weighted by molar-refractivity contribution is 5.91. The number of carbonyl (C=O) groups is 1. The Morgan fingerprint density at radius 3 is 2.80 bits per heavy atom. The van der Waals surface area contributed by atoms with Gasteiger partial charge in [0.05, 0.1) is 0 Å². The third-order valence-corrected chi connectivity index (χ3v) is 4.05. The van der Waals surface area contributed by atoms with Crippen LogP contribution in [0.5, 0.6) is 0 Å². The average molecular weight is 204 g/mol. The van der Waals surface area contributed by atoms with E-state index in [1.54, 1.807) is 0 Å². The molecule has 2 aliphatic rings. The smallest absolute Gasteiger partial charge is 0.155 e. The molecule has 0 amide bonds. The van der Waals surface area contributed by atoms with Crippen LogP contribution in [0.4, 0.5) is 0 Å². The van der Waals surface area contributed by atoms with Gasteiger partial charge in [0.2, 0.25) is 0 Å². The fourth-order valence-corrected chi connectivity index (χ4v) is 3.13. The number of hydrogen-bond donors (Lipinski definition) is 0. The molecular formula is C14H20O. The zero-order valence-electron chi connectivity index (χ0n) is 9.75. The van der Waals surface area contributed by atoms with Crippen LogP contribution in [0.2, 0.25) is 0 Å². The van der Waals surface area contributed by atoms with Gasteiger partial charge in [-0.15, -0.1) is 0 Å². The Morgan fingerprint density at radius 2 is 2.13 bits per heavy atom. The topological polar surface area (TPSA) is 17.1 Å². The maximum atomic E-state index is 11.5. The molecule has 2 aliphatic carbocycles. The van der Waals surface area contributed by atoms with E-state index in [2.05, 4.69) is 20.4 Å². The largest absolute Gasteiger partial charge is 0.295 e. The maximum Gasteiger partial charge on any atom is 0.155 e. The van der Waals surface area contributed by atoms with E-state index in [0.29, 0.717) is 17.6 Å². The molecule has 15 heavy (non-hydrogen) atoms. The van der Waals surface area contributed by atoms with Crippen molar-refractivity contribution in [2.24, 2.45) is 17.8 Å². The van der Waals surface area contributed by atoms with Crippen LogP contribution in [0.15, 0.2) is 23.8 Å². The van der Waals surface area contributed by atoms with E-state index < -0.39 is 0 Å². The Labute approximate surface area is 92.3 Å². The third kappa shape index (κ3) is 1.92. The maximum absolute atomic E-state index is 11.5. The zero-order chi connectivity index (χ0) is 11.0. The first kappa shape index (κ1) is 10.7. The lowest BCUT2D eigenvalue weighted by molar-refractivity contribution is -0.115. The molecule has 0 aromatic rings. The molecule has 1 saturated carbocycles. The van der Waals surface area contributed by atoms with Crippen molar-refractivity contribution in [2.75, 3.05) is 0 Å². The van der Waals surface area contributed by atoms with Crippen LogP contribution in [0, 0.1) is 17.8 Å². The van der Waals surface area contributed by atoms with Crippen LogP contribution in [-0.4, -0.2) is 5.78 Å². The molecule has 82 valence electrons. The monoisotopic (exact) mass is 204 g/mol. The van der Waals surface area contributed by atoms with E-state index in [1.807, 2.05) is 6.08 Å². The molecule has 0 aromatic heterocycles. The highest BCUT2D eigenvalue weighted by Crippen LogP contribution is 2.44. The minimum atomic E-state index is 0.321. The van der Waals surface area contributed by atoms with Crippen molar-refractivity contribution in [1.82, 2.24) is 0 Å². The Hall–Kier alpha value is -0.850. The molecule has 2 rings (SSSR count). The van der Waals surface area contributed by atoms with Crippen LogP contribution in [0.1, 0.15) is 39.5 Å². The first-order valence-corrected chi connectivity index (χ1v) is 5.99. The molecule has 0 bridgehead atoms. The van der Waals surface area contributed by atoms with Gasteiger partial charge < -0.3 is 0 Å². The molecule has 0 N–H and O–H groups in total. The van der Waals surface area contributed by atoms with E-state index in [1.165, 1.54) is 24.0 Å². The van der Waals surface area contributed by atoms with Crippen molar-refractivity contribution < 1.29 is 4.79 Å². The lowest BCUT2D eigenvalue weighted by Crippen LogP contribution is -2.30. The number of rotatable bonds is 1. The van der Waals surface area contributed by atoms with Crippen molar-refractivity contribution in [2.45, 2.75) is 39.5 Å². The van der Waals surface area contributed by atoms with Crippen molar-refractivity contribution in [3.05, 3.63) is 23.8 Å². The van der Waals surface area contributed by atoms with Gasteiger partial charge in [0, 0.05) is 12.3 Å². The van der Waals surface area contributed by atoms with Gasteiger partial charge in [-0.1, -0.05) is 24.6 Å². The summed E-state index contributed by atoms with van der Waals surface area (Å²) in [7, 11) is 0. The second kappa shape index (κ2) is 3.96. The summed E-state index contributed by atoms with van der Waals surface area (Å²) in [6.07, 6.45) is 6.21. The first-order chi connectivity index (χ1) is 7.09. The highest BCUT2D eigenvalue weighted by Gasteiger charge is 2.35. The van der Waals surface area contributed by atoms with Crippen LogP contribution in [0.25, 0.3) is 0 Å². The molecule has 0 unspecified atom stereocenters. The summed E-state index contributed by atoms with van der Waals surface area (Å²) in [4.78, 5) is 11.5. The Morgan fingerprint density at radius 1 is 1.40 bits per heavy atom. The van der Waals surface area contributed by atoms with Crippen molar-refractivity contribution in [3.8, 4) is 0 Å². The standard InChI is InChI=1S/C14H20O/c1-9(2)12-6-4-10(3)13-7-5-11(15)8-14(12)13/h8,10,12-13H,1,4-7H2,2-3H3/t10-,12+,13+/m1/s1. The summed E-state index contributed by atoms with van der Waals surface area (Å²) in [6, 6.07) is 0. The van der Waals surface area contributed by atoms with Crippen LogP contribution < -0.4 is 0 Å². The Balaban J connectivity index is 2.31. The van der Waals surface area contributed by atoms with Crippen molar-refractivity contribution in [1.29, 1.82) is 0 Å². The van der Waals surface area contributed by atoms with Crippen molar-refractivity contribution in [3.63, 3.8) is 0 Å². The van der Waals surface area contributed by atoms with E-state index in [9.17, 15) is 4.79 Å².